The van der Waals surface area contributed by atoms with Crippen molar-refractivity contribution in [1.29, 1.82) is 0 Å². The number of anilines is 1. The summed E-state index contributed by atoms with van der Waals surface area (Å²) in [5, 5.41) is 11.8. The summed E-state index contributed by atoms with van der Waals surface area (Å²) < 4.78 is 10.7. The van der Waals surface area contributed by atoms with Crippen molar-refractivity contribution in [2.24, 2.45) is 0 Å². The van der Waals surface area contributed by atoms with Gasteiger partial charge in [-0.25, -0.2) is 4.79 Å². The number of benzene rings is 2. The van der Waals surface area contributed by atoms with Gasteiger partial charge in [0.2, 0.25) is 0 Å². The van der Waals surface area contributed by atoms with Gasteiger partial charge in [0, 0.05) is 5.69 Å². The Kier molecular flexibility index (Phi) is 6.14. The largest absolute Gasteiger partial charge is 0.497 e. The first-order valence-corrected chi connectivity index (χ1v) is 7.80. The number of methoxy groups -OCH3 is 1. The SMILES string of the molecule is COc1cccc(COC(C)C(=O)Nc2ccc(C(=O)O)c(C)c2)c1. The quantitative estimate of drug-likeness (QED) is 0.806. The molecule has 0 aromatic heterocycles. The van der Waals surface area contributed by atoms with Crippen LogP contribution in [0.2, 0.25) is 0 Å². The summed E-state index contributed by atoms with van der Waals surface area (Å²) in [6, 6.07) is 12.1. The molecule has 25 heavy (non-hydrogen) atoms. The van der Waals surface area contributed by atoms with Crippen LogP contribution in [0, 0.1) is 6.92 Å². The molecule has 0 spiro atoms. The lowest BCUT2D eigenvalue weighted by atomic mass is 10.1. The molecule has 2 aromatic carbocycles. The molecule has 0 saturated heterocycles. The number of amides is 1. The highest BCUT2D eigenvalue weighted by Crippen LogP contribution is 2.17. The molecule has 0 aliphatic heterocycles. The minimum atomic E-state index is -0.995. The highest BCUT2D eigenvalue weighted by Gasteiger charge is 2.15. The molecule has 0 aliphatic rings. The summed E-state index contributed by atoms with van der Waals surface area (Å²) in [5.74, 6) is -0.567. The second-order valence-corrected chi connectivity index (χ2v) is 5.63. The van der Waals surface area contributed by atoms with Gasteiger partial charge in [-0.1, -0.05) is 12.1 Å². The number of carbonyl (C=O) groups is 2. The lowest BCUT2D eigenvalue weighted by molar-refractivity contribution is -0.127. The number of carbonyl (C=O) groups excluding carboxylic acids is 1. The Bertz CT molecular complexity index is 772. The maximum Gasteiger partial charge on any atom is 0.335 e. The fourth-order valence-corrected chi connectivity index (χ4v) is 2.28. The van der Waals surface area contributed by atoms with Gasteiger partial charge in [-0.05, 0) is 55.3 Å². The van der Waals surface area contributed by atoms with E-state index in [4.69, 9.17) is 14.6 Å². The summed E-state index contributed by atoms with van der Waals surface area (Å²) in [7, 11) is 1.59. The molecule has 6 nitrogen and oxygen atoms in total. The van der Waals surface area contributed by atoms with Gasteiger partial charge in [-0.3, -0.25) is 4.79 Å². The average molecular weight is 343 g/mol. The minimum Gasteiger partial charge on any atom is -0.497 e. The molecule has 0 radical (unpaired) electrons. The minimum absolute atomic E-state index is 0.209. The zero-order valence-corrected chi connectivity index (χ0v) is 14.4. The zero-order chi connectivity index (χ0) is 18.4. The smallest absolute Gasteiger partial charge is 0.335 e. The molecule has 2 N–H and O–H groups in total. The zero-order valence-electron chi connectivity index (χ0n) is 14.4. The predicted octanol–water partition coefficient (Wildman–Crippen LogP) is 3.25. The third kappa shape index (κ3) is 5.06. The second kappa shape index (κ2) is 8.30. The van der Waals surface area contributed by atoms with Gasteiger partial charge in [0.15, 0.2) is 0 Å². The van der Waals surface area contributed by atoms with E-state index >= 15 is 0 Å². The van der Waals surface area contributed by atoms with Crippen LogP contribution in [0.3, 0.4) is 0 Å². The van der Waals surface area contributed by atoms with Crippen LogP contribution in [0.5, 0.6) is 5.75 Å². The fraction of sp³-hybridized carbons (Fsp3) is 0.263. The van der Waals surface area contributed by atoms with E-state index in [1.54, 1.807) is 33.1 Å². The Morgan fingerprint density at radius 2 is 1.96 bits per heavy atom. The first kappa shape index (κ1) is 18.5. The van der Waals surface area contributed by atoms with Crippen molar-refractivity contribution in [1.82, 2.24) is 0 Å². The summed E-state index contributed by atoms with van der Waals surface area (Å²) in [4.78, 5) is 23.2. The van der Waals surface area contributed by atoms with Crippen LogP contribution in [-0.2, 0) is 16.1 Å². The van der Waals surface area contributed by atoms with Crippen molar-refractivity contribution in [3.05, 3.63) is 59.2 Å². The van der Waals surface area contributed by atoms with Crippen LogP contribution in [0.15, 0.2) is 42.5 Å². The van der Waals surface area contributed by atoms with E-state index in [0.29, 0.717) is 11.3 Å². The Hall–Kier alpha value is -2.86. The first-order valence-electron chi connectivity index (χ1n) is 7.80. The lowest BCUT2D eigenvalue weighted by Crippen LogP contribution is -2.27. The van der Waals surface area contributed by atoms with Crippen LogP contribution in [-0.4, -0.2) is 30.2 Å². The molecule has 132 valence electrons. The van der Waals surface area contributed by atoms with Crippen LogP contribution >= 0.6 is 0 Å². The highest BCUT2D eigenvalue weighted by atomic mass is 16.5. The van der Waals surface area contributed by atoms with Crippen LogP contribution in [0.4, 0.5) is 5.69 Å². The Morgan fingerprint density at radius 3 is 2.60 bits per heavy atom. The molecular weight excluding hydrogens is 322 g/mol. The van der Waals surface area contributed by atoms with Crippen LogP contribution < -0.4 is 10.1 Å². The molecule has 0 heterocycles. The normalized spacial score (nSPS) is 11.6. The standard InChI is InChI=1S/C19H21NO5/c1-12-9-15(7-8-17(12)19(22)23)20-18(21)13(2)25-11-14-5-4-6-16(10-14)24-3/h4-10,13H,11H2,1-3H3,(H,20,21)(H,22,23). The number of hydrogen-bond acceptors (Lipinski definition) is 4. The predicted molar refractivity (Wildman–Crippen MR) is 94.0 cm³/mol. The van der Waals surface area contributed by atoms with Gasteiger partial charge in [-0.2, -0.15) is 0 Å². The third-order valence-electron chi connectivity index (χ3n) is 3.73. The number of aryl methyl sites for hydroxylation is 1. The number of ether oxygens (including phenoxy) is 2. The van der Waals surface area contributed by atoms with Crippen molar-refractivity contribution >= 4 is 17.6 Å². The third-order valence-corrected chi connectivity index (χ3v) is 3.73. The van der Waals surface area contributed by atoms with Crippen molar-refractivity contribution in [2.45, 2.75) is 26.6 Å². The molecule has 0 bridgehead atoms. The summed E-state index contributed by atoms with van der Waals surface area (Å²) in [6.07, 6.45) is -0.661. The monoisotopic (exact) mass is 343 g/mol. The number of aromatic carboxylic acids is 1. The van der Waals surface area contributed by atoms with Gasteiger partial charge in [0.05, 0.1) is 19.3 Å². The Balaban J connectivity index is 1.93. The van der Waals surface area contributed by atoms with Gasteiger partial charge in [0.25, 0.3) is 5.91 Å². The van der Waals surface area contributed by atoms with E-state index in [0.717, 1.165) is 11.3 Å². The first-order chi connectivity index (χ1) is 11.9. The molecule has 0 aliphatic carbocycles. The molecule has 0 fully saturated rings. The molecule has 1 atom stereocenters. The van der Waals surface area contributed by atoms with Gasteiger partial charge < -0.3 is 19.9 Å². The number of hydrogen-bond donors (Lipinski definition) is 2. The number of carboxylic acid groups (broad SMARTS) is 1. The number of nitrogens with one attached hydrogen (secondary N) is 1. The molecule has 1 unspecified atom stereocenters. The van der Waals surface area contributed by atoms with Gasteiger partial charge in [-0.15, -0.1) is 0 Å². The van der Waals surface area contributed by atoms with Crippen molar-refractivity contribution in [3.8, 4) is 5.75 Å². The summed E-state index contributed by atoms with van der Waals surface area (Å²) in [5.41, 5.74) is 2.22. The van der Waals surface area contributed by atoms with E-state index in [1.165, 1.54) is 6.07 Å². The molecule has 0 saturated carbocycles. The average Bonchev–Trinajstić information content (AvgIpc) is 2.59. The van der Waals surface area contributed by atoms with E-state index in [9.17, 15) is 9.59 Å². The van der Waals surface area contributed by atoms with Crippen molar-refractivity contribution in [3.63, 3.8) is 0 Å². The fourth-order valence-electron chi connectivity index (χ4n) is 2.28. The Labute approximate surface area is 146 Å². The summed E-state index contributed by atoms with van der Waals surface area (Å²) >= 11 is 0. The highest BCUT2D eigenvalue weighted by molar-refractivity contribution is 5.95. The van der Waals surface area contributed by atoms with Crippen LogP contribution in [0.25, 0.3) is 0 Å². The molecule has 2 aromatic rings. The van der Waals surface area contributed by atoms with E-state index in [2.05, 4.69) is 5.32 Å². The van der Waals surface area contributed by atoms with E-state index < -0.39 is 12.1 Å². The van der Waals surface area contributed by atoms with Gasteiger partial charge in [0.1, 0.15) is 11.9 Å². The topological polar surface area (TPSA) is 84.9 Å². The van der Waals surface area contributed by atoms with E-state index in [-0.39, 0.29) is 18.1 Å². The summed E-state index contributed by atoms with van der Waals surface area (Å²) in [6.45, 7) is 3.62. The van der Waals surface area contributed by atoms with Gasteiger partial charge >= 0.3 is 5.97 Å². The molecule has 6 heteroatoms. The number of rotatable bonds is 7. The number of carboxylic acids is 1. The molecule has 2 rings (SSSR count). The Morgan fingerprint density at radius 1 is 1.20 bits per heavy atom. The van der Waals surface area contributed by atoms with Crippen molar-refractivity contribution < 1.29 is 24.2 Å². The maximum absolute atomic E-state index is 12.2. The maximum atomic E-state index is 12.2. The second-order valence-electron chi connectivity index (χ2n) is 5.63. The molecular formula is C19H21NO5. The van der Waals surface area contributed by atoms with Crippen molar-refractivity contribution in [2.75, 3.05) is 12.4 Å². The van der Waals surface area contributed by atoms with E-state index in [1.807, 2.05) is 24.3 Å². The van der Waals surface area contributed by atoms with Crippen LogP contribution in [0.1, 0.15) is 28.4 Å². The lowest BCUT2D eigenvalue weighted by Gasteiger charge is -2.14. The molecule has 1 amide bonds.